The highest BCUT2D eigenvalue weighted by atomic mass is 16.2. The van der Waals surface area contributed by atoms with Crippen LogP contribution in [-0.2, 0) is 4.79 Å². The Balaban J connectivity index is 2.24. The summed E-state index contributed by atoms with van der Waals surface area (Å²) in [5.74, 6) is 0.151. The van der Waals surface area contributed by atoms with Crippen LogP contribution >= 0.6 is 0 Å². The Morgan fingerprint density at radius 1 is 1.67 bits per heavy atom. The highest BCUT2D eigenvalue weighted by Crippen LogP contribution is 1.98. The normalized spacial score (nSPS) is 24.9. The van der Waals surface area contributed by atoms with E-state index >= 15 is 0 Å². The van der Waals surface area contributed by atoms with Crippen LogP contribution in [0, 0.1) is 0 Å². The molecule has 0 radical (unpaired) electrons. The predicted molar refractivity (Wildman–Crippen MR) is 61.8 cm³/mol. The van der Waals surface area contributed by atoms with Gasteiger partial charge in [0.25, 0.3) is 0 Å². The predicted octanol–water partition coefficient (Wildman–Crippen LogP) is 0.195. The highest BCUT2D eigenvalue weighted by Gasteiger charge is 2.18. The Kier molecular flexibility index (Phi) is 5.05. The fourth-order valence-corrected chi connectivity index (χ4v) is 1.78. The van der Waals surface area contributed by atoms with E-state index in [4.69, 9.17) is 0 Å². The molecule has 88 valence electrons. The lowest BCUT2D eigenvalue weighted by Gasteiger charge is -2.31. The van der Waals surface area contributed by atoms with Gasteiger partial charge in [-0.15, -0.1) is 0 Å². The van der Waals surface area contributed by atoms with Gasteiger partial charge in [-0.05, 0) is 20.3 Å². The van der Waals surface area contributed by atoms with Crippen molar-refractivity contribution in [1.29, 1.82) is 0 Å². The number of hydrogen-bond acceptors (Lipinski definition) is 3. The monoisotopic (exact) mass is 213 g/mol. The molecule has 0 aromatic rings. The Labute approximate surface area is 92.4 Å². The van der Waals surface area contributed by atoms with Crippen molar-refractivity contribution in [2.75, 3.05) is 26.2 Å². The van der Waals surface area contributed by atoms with E-state index in [0.29, 0.717) is 12.6 Å². The third-order valence-electron chi connectivity index (χ3n) is 2.84. The number of carbonyl (C=O) groups is 1. The molecule has 15 heavy (non-hydrogen) atoms. The first-order valence-corrected chi connectivity index (χ1v) is 5.87. The molecule has 4 nitrogen and oxygen atoms in total. The summed E-state index contributed by atoms with van der Waals surface area (Å²) < 4.78 is 0. The molecule has 0 aliphatic carbocycles. The summed E-state index contributed by atoms with van der Waals surface area (Å²) in [4.78, 5) is 13.8. The lowest BCUT2D eigenvalue weighted by atomic mass is 10.2. The van der Waals surface area contributed by atoms with Crippen molar-refractivity contribution in [3.8, 4) is 0 Å². The SMILES string of the molecule is CCC(C)NC(=O)CN1CCN[C@H](C)C1. The van der Waals surface area contributed by atoms with Crippen LogP contribution in [0.15, 0.2) is 0 Å². The van der Waals surface area contributed by atoms with Crippen LogP contribution in [0.5, 0.6) is 0 Å². The number of amides is 1. The van der Waals surface area contributed by atoms with Crippen molar-refractivity contribution in [1.82, 2.24) is 15.5 Å². The Bertz CT molecular complexity index is 208. The van der Waals surface area contributed by atoms with Gasteiger partial charge in [-0.25, -0.2) is 0 Å². The van der Waals surface area contributed by atoms with Gasteiger partial charge in [0.05, 0.1) is 6.54 Å². The Hall–Kier alpha value is -0.610. The second kappa shape index (κ2) is 6.08. The summed E-state index contributed by atoms with van der Waals surface area (Å²) in [5.41, 5.74) is 0. The van der Waals surface area contributed by atoms with Crippen LogP contribution in [-0.4, -0.2) is 49.1 Å². The van der Waals surface area contributed by atoms with E-state index in [0.717, 1.165) is 26.1 Å². The molecular formula is C11H23N3O. The molecule has 1 aliphatic rings. The van der Waals surface area contributed by atoms with Crippen LogP contribution in [0.1, 0.15) is 27.2 Å². The molecule has 2 N–H and O–H groups in total. The zero-order valence-electron chi connectivity index (χ0n) is 10.0. The van der Waals surface area contributed by atoms with Crippen LogP contribution in [0.25, 0.3) is 0 Å². The summed E-state index contributed by atoms with van der Waals surface area (Å²) in [5, 5.41) is 6.35. The maximum absolute atomic E-state index is 11.6. The van der Waals surface area contributed by atoms with Gasteiger partial charge in [0.1, 0.15) is 0 Å². The molecule has 4 heteroatoms. The summed E-state index contributed by atoms with van der Waals surface area (Å²) in [7, 11) is 0. The zero-order chi connectivity index (χ0) is 11.3. The van der Waals surface area contributed by atoms with Gasteiger partial charge >= 0.3 is 0 Å². The number of carbonyl (C=O) groups excluding carboxylic acids is 1. The molecule has 1 rings (SSSR count). The van der Waals surface area contributed by atoms with Crippen molar-refractivity contribution in [2.45, 2.75) is 39.3 Å². The average molecular weight is 213 g/mol. The van der Waals surface area contributed by atoms with Gasteiger partial charge in [0, 0.05) is 31.7 Å². The fourth-order valence-electron chi connectivity index (χ4n) is 1.78. The summed E-state index contributed by atoms with van der Waals surface area (Å²) in [6.45, 7) is 9.73. The second-order valence-corrected chi connectivity index (χ2v) is 4.47. The van der Waals surface area contributed by atoms with Crippen molar-refractivity contribution >= 4 is 5.91 Å². The first-order valence-electron chi connectivity index (χ1n) is 5.87. The Morgan fingerprint density at radius 3 is 3.00 bits per heavy atom. The molecule has 1 saturated heterocycles. The molecule has 1 unspecified atom stereocenters. The summed E-state index contributed by atoms with van der Waals surface area (Å²) in [6.07, 6.45) is 0.990. The second-order valence-electron chi connectivity index (χ2n) is 4.47. The molecule has 0 spiro atoms. The number of hydrogen-bond donors (Lipinski definition) is 2. The molecule has 0 aromatic carbocycles. The van der Waals surface area contributed by atoms with Gasteiger partial charge in [-0.2, -0.15) is 0 Å². The van der Waals surface area contributed by atoms with Crippen molar-refractivity contribution in [3.63, 3.8) is 0 Å². The third kappa shape index (κ3) is 4.62. The Morgan fingerprint density at radius 2 is 2.40 bits per heavy atom. The molecule has 0 saturated carbocycles. The maximum atomic E-state index is 11.6. The molecule has 1 aliphatic heterocycles. The van der Waals surface area contributed by atoms with Crippen molar-refractivity contribution < 1.29 is 4.79 Å². The first-order chi connectivity index (χ1) is 7.11. The maximum Gasteiger partial charge on any atom is 0.234 e. The highest BCUT2D eigenvalue weighted by molar-refractivity contribution is 5.78. The van der Waals surface area contributed by atoms with Crippen LogP contribution in [0.4, 0.5) is 0 Å². The van der Waals surface area contributed by atoms with E-state index in [-0.39, 0.29) is 11.9 Å². The van der Waals surface area contributed by atoms with Gasteiger partial charge < -0.3 is 10.6 Å². The number of nitrogens with zero attached hydrogens (tertiary/aromatic N) is 1. The van der Waals surface area contributed by atoms with Crippen LogP contribution < -0.4 is 10.6 Å². The molecule has 1 heterocycles. The first kappa shape index (κ1) is 12.5. The molecule has 2 atom stereocenters. The van der Waals surface area contributed by atoms with Gasteiger partial charge in [0.2, 0.25) is 5.91 Å². The van der Waals surface area contributed by atoms with Gasteiger partial charge in [0.15, 0.2) is 0 Å². The third-order valence-corrected chi connectivity index (χ3v) is 2.84. The van der Waals surface area contributed by atoms with E-state index in [9.17, 15) is 4.79 Å². The number of rotatable bonds is 4. The topological polar surface area (TPSA) is 44.4 Å². The minimum atomic E-state index is 0.151. The number of nitrogens with one attached hydrogen (secondary N) is 2. The molecular weight excluding hydrogens is 190 g/mol. The summed E-state index contributed by atoms with van der Waals surface area (Å²) in [6, 6.07) is 0.785. The largest absolute Gasteiger partial charge is 0.353 e. The fraction of sp³-hybridized carbons (Fsp3) is 0.909. The quantitative estimate of drug-likeness (QED) is 0.701. The minimum absolute atomic E-state index is 0.151. The molecule has 1 fully saturated rings. The van der Waals surface area contributed by atoms with Gasteiger partial charge in [-0.3, -0.25) is 9.69 Å². The molecule has 0 aromatic heterocycles. The minimum Gasteiger partial charge on any atom is -0.353 e. The van der Waals surface area contributed by atoms with Crippen LogP contribution in [0.2, 0.25) is 0 Å². The smallest absolute Gasteiger partial charge is 0.234 e. The molecule has 1 amide bonds. The van der Waals surface area contributed by atoms with Crippen molar-refractivity contribution in [2.24, 2.45) is 0 Å². The average Bonchev–Trinajstić information content (AvgIpc) is 2.17. The lowest BCUT2D eigenvalue weighted by molar-refractivity contribution is -0.123. The summed E-state index contributed by atoms with van der Waals surface area (Å²) >= 11 is 0. The lowest BCUT2D eigenvalue weighted by Crippen LogP contribution is -2.52. The zero-order valence-corrected chi connectivity index (χ0v) is 10.0. The van der Waals surface area contributed by atoms with Gasteiger partial charge in [-0.1, -0.05) is 6.92 Å². The number of piperazine rings is 1. The van der Waals surface area contributed by atoms with E-state index in [1.54, 1.807) is 0 Å². The van der Waals surface area contributed by atoms with E-state index in [1.807, 2.05) is 6.92 Å². The van der Waals surface area contributed by atoms with E-state index < -0.39 is 0 Å². The van der Waals surface area contributed by atoms with Crippen LogP contribution in [0.3, 0.4) is 0 Å². The van der Waals surface area contributed by atoms with E-state index in [1.165, 1.54) is 0 Å². The molecule has 0 bridgehead atoms. The standard InChI is InChI=1S/C11H23N3O/c1-4-9(2)13-11(15)8-14-6-5-12-10(3)7-14/h9-10,12H,4-8H2,1-3H3,(H,13,15)/t9?,10-/m1/s1. The van der Waals surface area contributed by atoms with Crippen molar-refractivity contribution in [3.05, 3.63) is 0 Å². The van der Waals surface area contributed by atoms with E-state index in [2.05, 4.69) is 29.4 Å².